The van der Waals surface area contributed by atoms with E-state index in [1.807, 2.05) is 0 Å². The van der Waals surface area contributed by atoms with Gasteiger partial charge in [0.2, 0.25) is 0 Å². The second-order valence-electron chi connectivity index (χ2n) is 2.68. The van der Waals surface area contributed by atoms with Gasteiger partial charge in [-0.25, -0.2) is 4.98 Å². The summed E-state index contributed by atoms with van der Waals surface area (Å²) in [6.07, 6.45) is 1.48. The van der Waals surface area contributed by atoms with Crippen LogP contribution in [0.2, 0.25) is 0 Å². The van der Waals surface area contributed by atoms with Crippen LogP contribution in [0.1, 0.15) is 5.69 Å². The third-order valence-corrected chi connectivity index (χ3v) is 1.70. The Morgan fingerprint density at radius 2 is 2.31 bits per heavy atom. The molecule has 0 spiro atoms. The number of carboxylic acid groups (broad SMARTS) is 1. The van der Waals surface area contributed by atoms with Crippen molar-refractivity contribution in [2.75, 3.05) is 0 Å². The number of furan rings is 1. The molecule has 13 heavy (non-hydrogen) atoms. The van der Waals surface area contributed by atoms with Crippen LogP contribution in [0, 0.1) is 0 Å². The zero-order chi connectivity index (χ0) is 9.26. The van der Waals surface area contributed by atoms with Gasteiger partial charge in [0.25, 0.3) is 0 Å². The number of nitrogens with zero attached hydrogens (tertiary/aromatic N) is 1. The Balaban J connectivity index is 2.42. The summed E-state index contributed by atoms with van der Waals surface area (Å²) in [6.45, 7) is 0. The maximum atomic E-state index is 10.4. The summed E-state index contributed by atoms with van der Waals surface area (Å²) < 4.78 is 5.07. The van der Waals surface area contributed by atoms with E-state index in [1.165, 1.54) is 6.26 Å². The molecule has 0 aromatic carbocycles. The minimum Gasteiger partial charge on any atom is -0.481 e. The number of pyridine rings is 1. The number of hydrogen-bond donors (Lipinski definition) is 1. The first-order valence-corrected chi connectivity index (χ1v) is 3.80. The third-order valence-electron chi connectivity index (χ3n) is 1.70. The van der Waals surface area contributed by atoms with E-state index >= 15 is 0 Å². The van der Waals surface area contributed by atoms with E-state index in [0.29, 0.717) is 16.8 Å². The van der Waals surface area contributed by atoms with Gasteiger partial charge in [0, 0.05) is 6.07 Å². The summed E-state index contributed by atoms with van der Waals surface area (Å²) in [5.74, 6) is -0.879. The number of carboxylic acids is 1. The minimum absolute atomic E-state index is 0.0544. The van der Waals surface area contributed by atoms with Crippen molar-refractivity contribution in [3.8, 4) is 0 Å². The van der Waals surface area contributed by atoms with Crippen molar-refractivity contribution < 1.29 is 14.3 Å². The number of hydrogen-bond acceptors (Lipinski definition) is 3. The molecule has 0 aliphatic carbocycles. The Morgan fingerprint density at radius 1 is 1.46 bits per heavy atom. The summed E-state index contributed by atoms with van der Waals surface area (Å²) in [5, 5.41) is 8.53. The van der Waals surface area contributed by atoms with Gasteiger partial charge in [-0.1, -0.05) is 0 Å². The van der Waals surface area contributed by atoms with Gasteiger partial charge in [-0.15, -0.1) is 0 Å². The Kier molecular flexibility index (Phi) is 1.73. The Hall–Kier alpha value is -1.84. The summed E-state index contributed by atoms with van der Waals surface area (Å²) >= 11 is 0. The van der Waals surface area contributed by atoms with Gasteiger partial charge in [-0.2, -0.15) is 0 Å². The Labute approximate surface area is 73.8 Å². The molecule has 0 amide bonds. The number of aliphatic carboxylic acids is 1. The van der Waals surface area contributed by atoms with Crippen molar-refractivity contribution in [1.29, 1.82) is 0 Å². The highest BCUT2D eigenvalue weighted by molar-refractivity contribution is 5.74. The SMILES string of the molecule is O=C(O)Cc1ccc2occc2n1. The topological polar surface area (TPSA) is 63.3 Å². The molecule has 0 bridgehead atoms. The van der Waals surface area contributed by atoms with E-state index in [1.54, 1.807) is 18.2 Å². The highest BCUT2D eigenvalue weighted by Gasteiger charge is 2.03. The molecular weight excluding hydrogens is 170 g/mol. The molecule has 2 aromatic heterocycles. The quantitative estimate of drug-likeness (QED) is 0.754. The van der Waals surface area contributed by atoms with Crippen molar-refractivity contribution in [2.24, 2.45) is 0 Å². The molecule has 0 fully saturated rings. The zero-order valence-corrected chi connectivity index (χ0v) is 6.73. The number of aromatic nitrogens is 1. The van der Waals surface area contributed by atoms with Gasteiger partial charge in [-0.3, -0.25) is 4.79 Å². The third kappa shape index (κ3) is 1.51. The summed E-state index contributed by atoms with van der Waals surface area (Å²) in [4.78, 5) is 14.5. The monoisotopic (exact) mass is 177 g/mol. The molecule has 2 heterocycles. The van der Waals surface area contributed by atoms with Crippen LogP contribution in [0.25, 0.3) is 11.1 Å². The lowest BCUT2D eigenvalue weighted by atomic mass is 10.2. The summed E-state index contributed by atoms with van der Waals surface area (Å²) in [7, 11) is 0. The normalized spacial score (nSPS) is 10.5. The summed E-state index contributed by atoms with van der Waals surface area (Å²) in [5.41, 5.74) is 1.91. The van der Waals surface area contributed by atoms with Crippen LogP contribution in [-0.4, -0.2) is 16.1 Å². The van der Waals surface area contributed by atoms with Crippen LogP contribution in [0.4, 0.5) is 0 Å². The van der Waals surface area contributed by atoms with Gasteiger partial charge >= 0.3 is 5.97 Å². The van der Waals surface area contributed by atoms with E-state index in [2.05, 4.69) is 4.98 Å². The average molecular weight is 177 g/mol. The number of rotatable bonds is 2. The van der Waals surface area contributed by atoms with Crippen molar-refractivity contribution in [3.63, 3.8) is 0 Å². The maximum absolute atomic E-state index is 10.4. The first-order chi connectivity index (χ1) is 6.25. The van der Waals surface area contributed by atoms with Crippen molar-refractivity contribution >= 4 is 17.1 Å². The van der Waals surface area contributed by atoms with E-state index in [-0.39, 0.29) is 6.42 Å². The predicted molar refractivity (Wildman–Crippen MR) is 45.3 cm³/mol. The van der Waals surface area contributed by atoms with Gasteiger partial charge in [0.15, 0.2) is 5.58 Å². The van der Waals surface area contributed by atoms with Crippen molar-refractivity contribution in [3.05, 3.63) is 30.2 Å². The second-order valence-corrected chi connectivity index (χ2v) is 2.68. The molecule has 1 N–H and O–H groups in total. The molecule has 4 heteroatoms. The van der Waals surface area contributed by atoms with Gasteiger partial charge < -0.3 is 9.52 Å². The first-order valence-electron chi connectivity index (χ1n) is 3.80. The molecular formula is C9H7NO3. The molecule has 0 saturated carbocycles. The molecule has 0 atom stereocenters. The fraction of sp³-hybridized carbons (Fsp3) is 0.111. The average Bonchev–Trinajstić information content (AvgIpc) is 2.49. The standard InChI is InChI=1S/C9H7NO3/c11-9(12)5-6-1-2-8-7(10-6)3-4-13-8/h1-4H,5H2,(H,11,12). The highest BCUT2D eigenvalue weighted by Crippen LogP contribution is 2.13. The predicted octanol–water partition coefficient (Wildman–Crippen LogP) is 1.45. The number of carbonyl (C=O) groups is 1. The molecule has 0 aliphatic heterocycles. The lowest BCUT2D eigenvalue weighted by Gasteiger charge is -1.94. The molecule has 66 valence electrons. The van der Waals surface area contributed by atoms with Gasteiger partial charge in [0.05, 0.1) is 18.4 Å². The van der Waals surface area contributed by atoms with Crippen LogP contribution >= 0.6 is 0 Å². The molecule has 2 aromatic rings. The van der Waals surface area contributed by atoms with Crippen molar-refractivity contribution in [1.82, 2.24) is 4.98 Å². The van der Waals surface area contributed by atoms with Crippen LogP contribution in [-0.2, 0) is 11.2 Å². The summed E-state index contributed by atoms with van der Waals surface area (Å²) in [6, 6.07) is 5.08. The largest absolute Gasteiger partial charge is 0.481 e. The van der Waals surface area contributed by atoms with Crippen LogP contribution in [0.5, 0.6) is 0 Å². The molecule has 0 aliphatic rings. The van der Waals surface area contributed by atoms with E-state index in [0.717, 1.165) is 0 Å². The molecule has 0 unspecified atom stereocenters. The fourth-order valence-corrected chi connectivity index (χ4v) is 1.15. The fourth-order valence-electron chi connectivity index (χ4n) is 1.15. The van der Waals surface area contributed by atoms with Crippen LogP contribution < -0.4 is 0 Å². The molecule has 0 radical (unpaired) electrons. The highest BCUT2D eigenvalue weighted by atomic mass is 16.4. The second kappa shape index (κ2) is 2.90. The lowest BCUT2D eigenvalue weighted by molar-refractivity contribution is -0.136. The van der Waals surface area contributed by atoms with E-state index in [9.17, 15) is 4.79 Å². The van der Waals surface area contributed by atoms with Gasteiger partial charge in [-0.05, 0) is 12.1 Å². The van der Waals surface area contributed by atoms with Crippen molar-refractivity contribution in [2.45, 2.75) is 6.42 Å². The maximum Gasteiger partial charge on any atom is 0.309 e. The molecule has 2 rings (SSSR count). The lowest BCUT2D eigenvalue weighted by Crippen LogP contribution is -2.01. The van der Waals surface area contributed by atoms with Crippen LogP contribution in [0.15, 0.2) is 28.9 Å². The number of fused-ring (bicyclic) bond motifs is 1. The first kappa shape index (κ1) is 7.79. The zero-order valence-electron chi connectivity index (χ0n) is 6.73. The Bertz CT molecular complexity index is 447. The van der Waals surface area contributed by atoms with Crippen LogP contribution in [0.3, 0.4) is 0 Å². The Morgan fingerprint density at radius 3 is 3.08 bits per heavy atom. The van der Waals surface area contributed by atoms with E-state index in [4.69, 9.17) is 9.52 Å². The molecule has 4 nitrogen and oxygen atoms in total. The minimum atomic E-state index is -0.879. The van der Waals surface area contributed by atoms with E-state index < -0.39 is 5.97 Å². The smallest absolute Gasteiger partial charge is 0.309 e. The van der Waals surface area contributed by atoms with Gasteiger partial charge in [0.1, 0.15) is 5.52 Å². The molecule has 0 saturated heterocycles.